The molecule has 2 amide bonds. The second kappa shape index (κ2) is 11.3. The molecule has 172 valence electrons. The van der Waals surface area contributed by atoms with Gasteiger partial charge in [-0.25, -0.2) is 0 Å². The highest BCUT2D eigenvalue weighted by atomic mass is 32.1. The molecule has 3 aromatic carbocycles. The number of carbonyl (C=O) groups excluding carboxylic acids is 2. The summed E-state index contributed by atoms with van der Waals surface area (Å²) in [6.07, 6.45) is 0.207. The van der Waals surface area contributed by atoms with E-state index >= 15 is 0 Å². The first-order valence-corrected chi connectivity index (χ1v) is 11.9. The SMILES string of the molecule is COc1ccc(N(C(=O)Cc2cccs2)[C@@H](C(=O)NCc2ccccc2)c2ccccc2)cc1. The second-order valence-electron chi connectivity index (χ2n) is 7.73. The Bertz CT molecular complexity index is 1190. The van der Waals surface area contributed by atoms with Crippen molar-refractivity contribution >= 4 is 28.8 Å². The minimum absolute atomic E-state index is 0.156. The molecule has 0 aliphatic rings. The van der Waals surface area contributed by atoms with Gasteiger partial charge < -0.3 is 10.1 Å². The maximum Gasteiger partial charge on any atom is 0.248 e. The van der Waals surface area contributed by atoms with E-state index in [1.54, 1.807) is 24.1 Å². The quantitative estimate of drug-likeness (QED) is 0.357. The van der Waals surface area contributed by atoms with Gasteiger partial charge in [-0.1, -0.05) is 66.7 Å². The van der Waals surface area contributed by atoms with E-state index in [2.05, 4.69) is 5.32 Å². The van der Waals surface area contributed by atoms with E-state index in [1.807, 2.05) is 90.3 Å². The van der Waals surface area contributed by atoms with Crippen molar-refractivity contribution in [2.75, 3.05) is 12.0 Å². The van der Waals surface area contributed by atoms with Gasteiger partial charge in [0.2, 0.25) is 11.8 Å². The van der Waals surface area contributed by atoms with Gasteiger partial charge in [0.05, 0.1) is 13.5 Å². The number of carbonyl (C=O) groups is 2. The molecular formula is C28H26N2O3S. The average molecular weight is 471 g/mol. The Balaban J connectivity index is 1.71. The van der Waals surface area contributed by atoms with Gasteiger partial charge >= 0.3 is 0 Å². The highest BCUT2D eigenvalue weighted by molar-refractivity contribution is 7.10. The van der Waals surface area contributed by atoms with Gasteiger partial charge in [0.25, 0.3) is 0 Å². The number of rotatable bonds is 9. The van der Waals surface area contributed by atoms with Crippen LogP contribution in [0, 0.1) is 0 Å². The first-order chi connectivity index (χ1) is 16.7. The number of nitrogens with zero attached hydrogens (tertiary/aromatic N) is 1. The molecule has 0 aliphatic heterocycles. The molecule has 0 radical (unpaired) electrons. The number of anilines is 1. The van der Waals surface area contributed by atoms with Gasteiger partial charge in [0.15, 0.2) is 0 Å². The van der Waals surface area contributed by atoms with Crippen LogP contribution in [0.2, 0.25) is 0 Å². The third-order valence-corrected chi connectivity index (χ3v) is 6.33. The van der Waals surface area contributed by atoms with Crippen molar-refractivity contribution in [2.24, 2.45) is 0 Å². The summed E-state index contributed by atoms with van der Waals surface area (Å²) in [6, 6.07) is 29.4. The zero-order valence-corrected chi connectivity index (χ0v) is 19.7. The normalized spacial score (nSPS) is 11.4. The number of hydrogen-bond acceptors (Lipinski definition) is 4. The molecule has 1 aromatic heterocycles. The van der Waals surface area contributed by atoms with Gasteiger partial charge in [-0.3, -0.25) is 14.5 Å². The Hall–Kier alpha value is -3.90. The zero-order valence-electron chi connectivity index (χ0n) is 18.9. The summed E-state index contributed by atoms with van der Waals surface area (Å²) in [4.78, 5) is 29.9. The summed E-state index contributed by atoms with van der Waals surface area (Å²) in [7, 11) is 1.60. The van der Waals surface area contributed by atoms with Crippen molar-refractivity contribution in [3.63, 3.8) is 0 Å². The number of thiophene rings is 1. The van der Waals surface area contributed by atoms with E-state index in [4.69, 9.17) is 4.74 Å². The monoisotopic (exact) mass is 470 g/mol. The molecule has 6 heteroatoms. The lowest BCUT2D eigenvalue weighted by Gasteiger charge is -2.31. The van der Waals surface area contributed by atoms with Gasteiger partial charge in [-0.05, 0) is 46.8 Å². The molecule has 0 saturated heterocycles. The molecule has 1 heterocycles. The van der Waals surface area contributed by atoms with Crippen LogP contribution in [0.5, 0.6) is 5.75 Å². The first kappa shape index (κ1) is 23.3. The first-order valence-electron chi connectivity index (χ1n) is 11.0. The second-order valence-corrected chi connectivity index (χ2v) is 8.77. The topological polar surface area (TPSA) is 58.6 Å². The maximum absolute atomic E-state index is 13.7. The molecule has 0 saturated carbocycles. The Labute approximate surface area is 203 Å². The third kappa shape index (κ3) is 5.71. The summed E-state index contributed by atoms with van der Waals surface area (Å²) < 4.78 is 5.29. The standard InChI is InChI=1S/C28H26N2O3S/c1-33-24-16-14-23(15-17-24)30(26(31)19-25-13-8-18-34-25)27(22-11-6-3-7-12-22)28(32)29-20-21-9-4-2-5-10-21/h2-18,27H,19-20H2,1H3,(H,29,32)/t27-/m1/s1. The van der Waals surface area contributed by atoms with Gasteiger partial charge in [0.1, 0.15) is 11.8 Å². The van der Waals surface area contributed by atoms with Crippen LogP contribution in [0.1, 0.15) is 22.0 Å². The summed E-state index contributed by atoms with van der Waals surface area (Å²) >= 11 is 1.53. The summed E-state index contributed by atoms with van der Waals surface area (Å²) in [5, 5.41) is 4.98. The summed E-state index contributed by atoms with van der Waals surface area (Å²) in [6.45, 7) is 0.374. The Kier molecular flexibility index (Phi) is 7.73. The van der Waals surface area contributed by atoms with Crippen LogP contribution < -0.4 is 15.0 Å². The van der Waals surface area contributed by atoms with E-state index in [-0.39, 0.29) is 18.2 Å². The molecule has 0 fully saturated rings. The van der Waals surface area contributed by atoms with E-state index in [9.17, 15) is 9.59 Å². The molecule has 4 aromatic rings. The molecule has 1 atom stereocenters. The minimum Gasteiger partial charge on any atom is -0.497 e. The van der Waals surface area contributed by atoms with E-state index in [0.29, 0.717) is 18.0 Å². The predicted octanol–water partition coefficient (Wildman–Crippen LogP) is 5.39. The lowest BCUT2D eigenvalue weighted by molar-refractivity contribution is -0.126. The van der Waals surface area contributed by atoms with E-state index in [1.165, 1.54) is 11.3 Å². The molecule has 0 unspecified atom stereocenters. The van der Waals surface area contributed by atoms with Crippen LogP contribution in [0.3, 0.4) is 0 Å². The fourth-order valence-electron chi connectivity index (χ4n) is 3.76. The molecule has 34 heavy (non-hydrogen) atoms. The third-order valence-electron chi connectivity index (χ3n) is 5.46. The smallest absolute Gasteiger partial charge is 0.248 e. The number of ether oxygens (including phenoxy) is 1. The molecule has 4 rings (SSSR count). The Morgan fingerprint density at radius 1 is 0.882 bits per heavy atom. The number of amides is 2. The largest absolute Gasteiger partial charge is 0.497 e. The molecule has 1 N–H and O–H groups in total. The Morgan fingerprint density at radius 3 is 2.18 bits per heavy atom. The van der Waals surface area contributed by atoms with Gasteiger partial charge in [-0.2, -0.15) is 0 Å². The van der Waals surface area contributed by atoms with Crippen LogP contribution in [0.25, 0.3) is 0 Å². The van der Waals surface area contributed by atoms with Crippen LogP contribution >= 0.6 is 11.3 Å². The Morgan fingerprint density at radius 2 is 1.56 bits per heavy atom. The van der Waals surface area contributed by atoms with Crippen LogP contribution in [-0.4, -0.2) is 18.9 Å². The van der Waals surface area contributed by atoms with Crippen LogP contribution in [-0.2, 0) is 22.6 Å². The lowest BCUT2D eigenvalue weighted by atomic mass is 10.0. The number of benzene rings is 3. The fraction of sp³-hybridized carbons (Fsp3) is 0.143. The van der Waals surface area contributed by atoms with Crippen molar-refractivity contribution in [1.29, 1.82) is 0 Å². The molecule has 0 bridgehead atoms. The molecular weight excluding hydrogens is 444 g/mol. The van der Waals surface area contributed by atoms with Crippen molar-refractivity contribution < 1.29 is 14.3 Å². The van der Waals surface area contributed by atoms with Crippen molar-refractivity contribution in [3.05, 3.63) is 118 Å². The van der Waals surface area contributed by atoms with Crippen LogP contribution in [0.15, 0.2) is 102 Å². The average Bonchev–Trinajstić information content (AvgIpc) is 3.40. The summed E-state index contributed by atoms with van der Waals surface area (Å²) in [5.74, 6) is 0.279. The zero-order chi connectivity index (χ0) is 23.8. The van der Waals surface area contributed by atoms with Gasteiger partial charge in [0, 0.05) is 17.1 Å². The number of methoxy groups -OCH3 is 1. The van der Waals surface area contributed by atoms with Crippen molar-refractivity contribution in [1.82, 2.24) is 5.32 Å². The van der Waals surface area contributed by atoms with E-state index in [0.717, 1.165) is 16.0 Å². The predicted molar refractivity (Wildman–Crippen MR) is 136 cm³/mol. The molecule has 5 nitrogen and oxygen atoms in total. The molecule has 0 aliphatic carbocycles. The lowest BCUT2D eigenvalue weighted by Crippen LogP contribution is -2.44. The fourth-order valence-corrected chi connectivity index (χ4v) is 4.46. The highest BCUT2D eigenvalue weighted by Gasteiger charge is 2.32. The van der Waals surface area contributed by atoms with Gasteiger partial charge in [-0.15, -0.1) is 11.3 Å². The highest BCUT2D eigenvalue weighted by Crippen LogP contribution is 2.30. The number of nitrogens with one attached hydrogen (secondary N) is 1. The van der Waals surface area contributed by atoms with E-state index < -0.39 is 6.04 Å². The summed E-state index contributed by atoms with van der Waals surface area (Å²) in [5.41, 5.74) is 2.36. The minimum atomic E-state index is -0.828. The van der Waals surface area contributed by atoms with Crippen molar-refractivity contribution in [3.8, 4) is 5.75 Å². The number of hydrogen-bond donors (Lipinski definition) is 1. The maximum atomic E-state index is 13.7. The van der Waals surface area contributed by atoms with Crippen LogP contribution in [0.4, 0.5) is 5.69 Å². The van der Waals surface area contributed by atoms with Crippen molar-refractivity contribution in [2.45, 2.75) is 19.0 Å². The molecule has 0 spiro atoms.